The van der Waals surface area contributed by atoms with Gasteiger partial charge in [0.05, 0.1) is 5.41 Å². The van der Waals surface area contributed by atoms with Crippen LogP contribution in [0.4, 0.5) is 17.1 Å². The van der Waals surface area contributed by atoms with E-state index in [4.69, 9.17) is 4.74 Å². The molecule has 258 valence electrons. The Labute approximate surface area is 321 Å². The number of benzene rings is 9. The highest BCUT2D eigenvalue weighted by molar-refractivity contribution is 5.98. The Morgan fingerprint density at radius 2 is 0.909 bits per heavy atom. The highest BCUT2D eigenvalue weighted by Gasteiger charge is 2.52. The fourth-order valence-electron chi connectivity index (χ4n) is 9.17. The molecule has 9 aromatic rings. The first-order valence-electron chi connectivity index (χ1n) is 18.9. The molecule has 1 atom stereocenters. The van der Waals surface area contributed by atoms with Crippen molar-refractivity contribution in [2.75, 3.05) is 4.90 Å². The number of nitrogens with zero attached hydrogens (tertiary/aromatic N) is 1. The Balaban J connectivity index is 1.21. The van der Waals surface area contributed by atoms with E-state index in [2.05, 4.69) is 217 Å². The summed E-state index contributed by atoms with van der Waals surface area (Å²) in [4.78, 5) is 2.42. The molecule has 9 aromatic carbocycles. The molecule has 2 aliphatic rings. The second-order valence-corrected chi connectivity index (χ2v) is 14.5. The molecule has 2 nitrogen and oxygen atoms in total. The van der Waals surface area contributed by atoms with E-state index in [0.29, 0.717) is 0 Å². The molecule has 0 radical (unpaired) electrons. The number of rotatable bonds is 5. The zero-order chi connectivity index (χ0) is 36.3. The molecule has 0 bridgehead atoms. The van der Waals surface area contributed by atoms with Gasteiger partial charge in [-0.15, -0.1) is 0 Å². The summed E-state index contributed by atoms with van der Waals surface area (Å²) in [5.74, 6) is 1.79. The fraction of sp³-hybridized carbons (Fsp3) is 0.0189. The van der Waals surface area contributed by atoms with Crippen molar-refractivity contribution in [3.8, 4) is 44.9 Å². The van der Waals surface area contributed by atoms with E-state index in [1.54, 1.807) is 0 Å². The highest BCUT2D eigenvalue weighted by Crippen LogP contribution is 2.64. The smallest absolute Gasteiger partial charge is 0.132 e. The van der Waals surface area contributed by atoms with Crippen molar-refractivity contribution >= 4 is 27.8 Å². The van der Waals surface area contributed by atoms with Crippen LogP contribution in [0, 0.1) is 0 Å². The minimum Gasteiger partial charge on any atom is -0.457 e. The monoisotopic (exact) mass is 701 g/mol. The zero-order valence-electron chi connectivity index (χ0n) is 30.1. The summed E-state index contributed by atoms with van der Waals surface area (Å²) in [6.07, 6.45) is 0. The summed E-state index contributed by atoms with van der Waals surface area (Å²) in [5, 5.41) is 2.40. The molecule has 0 saturated carbocycles. The van der Waals surface area contributed by atoms with E-state index in [1.807, 2.05) is 0 Å². The average Bonchev–Trinajstić information content (AvgIpc) is 3.54. The summed E-state index contributed by atoms with van der Waals surface area (Å²) in [5.41, 5.74) is 14.8. The summed E-state index contributed by atoms with van der Waals surface area (Å²) < 4.78 is 6.82. The maximum absolute atomic E-state index is 6.82. The van der Waals surface area contributed by atoms with E-state index in [1.165, 1.54) is 60.8 Å². The summed E-state index contributed by atoms with van der Waals surface area (Å²) >= 11 is 0. The molecule has 0 fully saturated rings. The molecule has 1 heterocycles. The van der Waals surface area contributed by atoms with Crippen LogP contribution in [0.15, 0.2) is 212 Å². The van der Waals surface area contributed by atoms with Gasteiger partial charge in [0.25, 0.3) is 0 Å². The van der Waals surface area contributed by atoms with Crippen LogP contribution in [0.25, 0.3) is 44.2 Å². The zero-order valence-corrected chi connectivity index (χ0v) is 30.1. The largest absolute Gasteiger partial charge is 0.457 e. The number of para-hydroxylation sites is 1. The number of hydrogen-bond acceptors (Lipinski definition) is 2. The van der Waals surface area contributed by atoms with Crippen LogP contribution in [0.5, 0.6) is 11.5 Å². The third-order valence-corrected chi connectivity index (χ3v) is 11.5. The molecule has 55 heavy (non-hydrogen) atoms. The van der Waals surface area contributed by atoms with Gasteiger partial charge in [-0.1, -0.05) is 164 Å². The van der Waals surface area contributed by atoms with Gasteiger partial charge in [-0.25, -0.2) is 0 Å². The lowest BCUT2D eigenvalue weighted by Gasteiger charge is -2.40. The fourth-order valence-corrected chi connectivity index (χ4v) is 9.17. The van der Waals surface area contributed by atoms with Crippen molar-refractivity contribution in [3.05, 3.63) is 235 Å². The molecule has 0 amide bonds. The number of hydrogen-bond donors (Lipinski definition) is 0. The first-order chi connectivity index (χ1) is 27.3. The van der Waals surface area contributed by atoms with Gasteiger partial charge >= 0.3 is 0 Å². The molecular formula is C53H35NO. The topological polar surface area (TPSA) is 12.5 Å². The Hall–Kier alpha value is -7.16. The van der Waals surface area contributed by atoms with Crippen molar-refractivity contribution in [1.82, 2.24) is 0 Å². The Bertz CT molecular complexity index is 2830. The van der Waals surface area contributed by atoms with Gasteiger partial charge in [0.1, 0.15) is 11.5 Å². The molecule has 0 N–H and O–H groups in total. The van der Waals surface area contributed by atoms with Crippen LogP contribution in [-0.4, -0.2) is 0 Å². The molecule has 2 heteroatoms. The van der Waals surface area contributed by atoms with Crippen LogP contribution in [0.1, 0.15) is 22.3 Å². The van der Waals surface area contributed by atoms with Crippen LogP contribution in [-0.2, 0) is 5.41 Å². The highest BCUT2D eigenvalue weighted by atomic mass is 16.5. The average molecular weight is 702 g/mol. The van der Waals surface area contributed by atoms with E-state index in [9.17, 15) is 0 Å². The predicted molar refractivity (Wildman–Crippen MR) is 227 cm³/mol. The Morgan fingerprint density at radius 1 is 0.345 bits per heavy atom. The molecule has 11 rings (SSSR count). The van der Waals surface area contributed by atoms with Crippen LogP contribution < -0.4 is 9.64 Å². The molecule has 1 aliphatic carbocycles. The Morgan fingerprint density at radius 3 is 1.64 bits per heavy atom. The normalized spacial score (nSPS) is 14.8. The summed E-state index contributed by atoms with van der Waals surface area (Å²) in [6.45, 7) is 0. The lowest BCUT2D eigenvalue weighted by molar-refractivity contribution is 0.438. The van der Waals surface area contributed by atoms with Crippen LogP contribution >= 0.6 is 0 Å². The van der Waals surface area contributed by atoms with Gasteiger partial charge in [-0.3, -0.25) is 0 Å². The lowest BCUT2D eigenvalue weighted by Crippen LogP contribution is -2.32. The van der Waals surface area contributed by atoms with Gasteiger partial charge in [-0.2, -0.15) is 0 Å². The third-order valence-electron chi connectivity index (χ3n) is 11.5. The number of ether oxygens (including phenoxy) is 1. The van der Waals surface area contributed by atoms with Gasteiger partial charge in [0.2, 0.25) is 0 Å². The number of fused-ring (bicyclic) bond motifs is 11. The second kappa shape index (κ2) is 12.5. The summed E-state index contributed by atoms with van der Waals surface area (Å²) in [7, 11) is 0. The minimum absolute atomic E-state index is 0.615. The molecule has 1 unspecified atom stereocenters. The quantitative estimate of drug-likeness (QED) is 0.177. The maximum Gasteiger partial charge on any atom is 0.132 e. The molecule has 1 aliphatic heterocycles. The first-order valence-corrected chi connectivity index (χ1v) is 18.9. The van der Waals surface area contributed by atoms with E-state index in [-0.39, 0.29) is 0 Å². The molecule has 0 saturated heterocycles. The first kappa shape index (κ1) is 31.4. The maximum atomic E-state index is 6.82. The van der Waals surface area contributed by atoms with Crippen molar-refractivity contribution in [2.45, 2.75) is 5.41 Å². The minimum atomic E-state index is -0.615. The predicted octanol–water partition coefficient (Wildman–Crippen LogP) is 14.1. The summed E-state index contributed by atoms with van der Waals surface area (Å²) in [6, 6.07) is 76.9. The standard InChI is InChI=1S/C53H35NO/c1-3-15-36(16-4-1)39-20-13-22-41(33-39)54(42-23-14-21-40(34-42)37-17-5-2-6-18-37)43-30-31-46-45-25-9-10-26-47(45)53(49(46)35-43)48-27-11-12-28-50(48)55-51-32-29-38-19-7-8-24-44(38)52(51)53/h1-35H. The van der Waals surface area contributed by atoms with Crippen LogP contribution in [0.2, 0.25) is 0 Å². The van der Waals surface area contributed by atoms with E-state index < -0.39 is 5.41 Å². The van der Waals surface area contributed by atoms with E-state index >= 15 is 0 Å². The SMILES string of the molecule is c1ccc(-c2cccc(N(c3cccc(-c4ccccc4)c3)c3ccc4c(c3)C3(c5ccccc5Oc5ccc6ccccc6c53)c3ccccc3-4)c2)cc1. The van der Waals surface area contributed by atoms with E-state index in [0.717, 1.165) is 34.1 Å². The van der Waals surface area contributed by atoms with Gasteiger partial charge in [0, 0.05) is 28.2 Å². The molecular weight excluding hydrogens is 667 g/mol. The van der Waals surface area contributed by atoms with Crippen molar-refractivity contribution in [2.24, 2.45) is 0 Å². The van der Waals surface area contributed by atoms with Crippen molar-refractivity contribution < 1.29 is 4.74 Å². The lowest BCUT2D eigenvalue weighted by atomic mass is 9.65. The van der Waals surface area contributed by atoms with Gasteiger partial charge in [0.15, 0.2) is 0 Å². The number of anilines is 3. The second-order valence-electron chi connectivity index (χ2n) is 14.5. The molecule has 1 spiro atoms. The van der Waals surface area contributed by atoms with Crippen LogP contribution in [0.3, 0.4) is 0 Å². The van der Waals surface area contributed by atoms with Gasteiger partial charge < -0.3 is 9.64 Å². The van der Waals surface area contributed by atoms with Gasteiger partial charge in [-0.05, 0) is 104 Å². The van der Waals surface area contributed by atoms with Crippen molar-refractivity contribution in [3.63, 3.8) is 0 Å². The third kappa shape index (κ3) is 4.82. The molecule has 0 aromatic heterocycles. The van der Waals surface area contributed by atoms with Crippen molar-refractivity contribution in [1.29, 1.82) is 0 Å². The Kier molecular flexibility index (Phi) is 7.11.